The Morgan fingerprint density at radius 1 is 0.968 bits per heavy atom. The fraction of sp³-hybridized carbons (Fsp3) is 0.240. The summed E-state index contributed by atoms with van der Waals surface area (Å²) < 4.78 is 5.89. The lowest BCUT2D eigenvalue weighted by atomic mass is 9.94. The number of anilines is 1. The Labute approximate surface area is 180 Å². The fourth-order valence-electron chi connectivity index (χ4n) is 4.11. The van der Waals surface area contributed by atoms with Gasteiger partial charge in [0.25, 0.3) is 6.01 Å². The number of amides is 1. The molecule has 1 atom stereocenters. The average Bonchev–Trinajstić information content (AvgIpc) is 3.28. The SMILES string of the molecule is O=C(NC(c1ccccc1)c1ccccn1)C1CCN(c2nc3ccccc3o2)CC1. The maximum absolute atomic E-state index is 13.1. The lowest BCUT2D eigenvalue weighted by Crippen LogP contribution is -2.42. The van der Waals surface area contributed by atoms with Gasteiger partial charge in [0.05, 0.1) is 11.7 Å². The highest BCUT2D eigenvalue weighted by molar-refractivity contribution is 5.80. The summed E-state index contributed by atoms with van der Waals surface area (Å²) in [5.74, 6) is 0.0206. The quantitative estimate of drug-likeness (QED) is 0.528. The predicted octanol–water partition coefficient (Wildman–Crippen LogP) is 4.35. The topological polar surface area (TPSA) is 71.3 Å². The van der Waals surface area contributed by atoms with E-state index in [0.717, 1.165) is 48.3 Å². The van der Waals surface area contributed by atoms with Crippen LogP contribution in [0.4, 0.5) is 6.01 Å². The summed E-state index contributed by atoms with van der Waals surface area (Å²) in [7, 11) is 0. The second-order valence-corrected chi connectivity index (χ2v) is 7.83. The van der Waals surface area contributed by atoms with E-state index in [9.17, 15) is 4.79 Å². The number of aromatic nitrogens is 2. The van der Waals surface area contributed by atoms with Crippen molar-refractivity contribution in [2.75, 3.05) is 18.0 Å². The zero-order valence-corrected chi connectivity index (χ0v) is 17.1. The second-order valence-electron chi connectivity index (χ2n) is 7.83. The van der Waals surface area contributed by atoms with Gasteiger partial charge in [-0.2, -0.15) is 4.98 Å². The highest BCUT2D eigenvalue weighted by Crippen LogP contribution is 2.27. The molecule has 1 amide bonds. The zero-order chi connectivity index (χ0) is 21.0. The highest BCUT2D eigenvalue weighted by Gasteiger charge is 2.29. The lowest BCUT2D eigenvalue weighted by molar-refractivity contribution is -0.126. The number of pyridine rings is 1. The van der Waals surface area contributed by atoms with Gasteiger partial charge in [0, 0.05) is 25.2 Å². The van der Waals surface area contributed by atoms with Gasteiger partial charge < -0.3 is 14.6 Å². The van der Waals surface area contributed by atoms with Crippen molar-refractivity contribution in [3.05, 3.63) is 90.3 Å². The van der Waals surface area contributed by atoms with E-state index >= 15 is 0 Å². The van der Waals surface area contributed by atoms with Gasteiger partial charge in [0.2, 0.25) is 5.91 Å². The average molecular weight is 412 g/mol. The van der Waals surface area contributed by atoms with Crippen molar-refractivity contribution in [1.29, 1.82) is 0 Å². The van der Waals surface area contributed by atoms with E-state index in [-0.39, 0.29) is 17.9 Å². The molecular formula is C25H24N4O2. The van der Waals surface area contributed by atoms with Gasteiger partial charge in [-0.1, -0.05) is 48.5 Å². The van der Waals surface area contributed by atoms with Crippen LogP contribution >= 0.6 is 0 Å². The highest BCUT2D eigenvalue weighted by atomic mass is 16.4. The van der Waals surface area contributed by atoms with Crippen molar-refractivity contribution in [3.8, 4) is 0 Å². The molecule has 31 heavy (non-hydrogen) atoms. The number of para-hydroxylation sites is 2. The van der Waals surface area contributed by atoms with Gasteiger partial charge in [-0.3, -0.25) is 9.78 Å². The van der Waals surface area contributed by atoms with Gasteiger partial charge in [-0.05, 0) is 42.7 Å². The van der Waals surface area contributed by atoms with Gasteiger partial charge in [-0.15, -0.1) is 0 Å². The normalized spacial score (nSPS) is 15.7. The number of oxazole rings is 1. The molecular weight excluding hydrogens is 388 g/mol. The summed E-state index contributed by atoms with van der Waals surface area (Å²) in [5, 5.41) is 3.24. The molecule has 6 nitrogen and oxygen atoms in total. The Hall–Kier alpha value is -3.67. The number of nitrogens with one attached hydrogen (secondary N) is 1. The molecule has 156 valence electrons. The first-order valence-electron chi connectivity index (χ1n) is 10.6. The summed E-state index contributed by atoms with van der Waals surface area (Å²) >= 11 is 0. The molecule has 0 radical (unpaired) electrons. The van der Waals surface area contributed by atoms with Crippen molar-refractivity contribution < 1.29 is 9.21 Å². The largest absolute Gasteiger partial charge is 0.423 e. The zero-order valence-electron chi connectivity index (χ0n) is 17.1. The molecule has 1 unspecified atom stereocenters. The van der Waals surface area contributed by atoms with Crippen LogP contribution in [-0.4, -0.2) is 29.0 Å². The van der Waals surface area contributed by atoms with E-state index in [2.05, 4.69) is 20.2 Å². The van der Waals surface area contributed by atoms with Crippen molar-refractivity contribution in [3.63, 3.8) is 0 Å². The van der Waals surface area contributed by atoms with Crippen molar-refractivity contribution in [2.24, 2.45) is 5.92 Å². The molecule has 2 aromatic carbocycles. The number of carbonyl (C=O) groups excluding carboxylic acids is 1. The first-order chi connectivity index (χ1) is 15.3. The predicted molar refractivity (Wildman–Crippen MR) is 120 cm³/mol. The van der Waals surface area contributed by atoms with E-state index in [1.54, 1.807) is 6.20 Å². The van der Waals surface area contributed by atoms with Crippen LogP contribution in [0.2, 0.25) is 0 Å². The standard InChI is InChI=1S/C25H24N4O2/c30-24(28-23(18-8-2-1-3-9-18)21-11-6-7-15-26-21)19-13-16-29(17-14-19)25-27-20-10-4-5-12-22(20)31-25/h1-12,15,19,23H,13-14,16-17H2,(H,28,30). The van der Waals surface area contributed by atoms with Crippen LogP contribution in [0.3, 0.4) is 0 Å². The summed E-state index contributed by atoms with van der Waals surface area (Å²) in [6.07, 6.45) is 3.28. The van der Waals surface area contributed by atoms with E-state index in [0.29, 0.717) is 6.01 Å². The first kappa shape index (κ1) is 19.3. The second kappa shape index (κ2) is 8.60. The molecule has 0 saturated carbocycles. The van der Waals surface area contributed by atoms with Crippen LogP contribution in [0.15, 0.2) is 83.4 Å². The number of nitrogens with zero attached hydrogens (tertiary/aromatic N) is 3. The monoisotopic (exact) mass is 412 g/mol. The Bertz CT molecular complexity index is 1080. The van der Waals surface area contributed by atoms with Crippen molar-refractivity contribution in [1.82, 2.24) is 15.3 Å². The minimum Gasteiger partial charge on any atom is -0.423 e. The number of piperidine rings is 1. The Kier molecular flexibility index (Phi) is 5.35. The maximum Gasteiger partial charge on any atom is 0.298 e. The van der Waals surface area contributed by atoms with Crippen LogP contribution in [-0.2, 0) is 4.79 Å². The number of carbonyl (C=O) groups is 1. The van der Waals surface area contributed by atoms with E-state index in [4.69, 9.17) is 4.42 Å². The van der Waals surface area contributed by atoms with Gasteiger partial charge >= 0.3 is 0 Å². The Morgan fingerprint density at radius 3 is 2.45 bits per heavy atom. The van der Waals surface area contributed by atoms with Crippen molar-refractivity contribution >= 4 is 23.0 Å². The van der Waals surface area contributed by atoms with E-state index < -0.39 is 0 Å². The summed E-state index contributed by atoms with van der Waals surface area (Å²) in [4.78, 5) is 24.3. The molecule has 5 rings (SSSR count). The van der Waals surface area contributed by atoms with Crippen LogP contribution < -0.4 is 10.2 Å². The third-order valence-electron chi connectivity index (χ3n) is 5.82. The van der Waals surface area contributed by atoms with Gasteiger partial charge in [0.15, 0.2) is 5.58 Å². The molecule has 1 aliphatic rings. The lowest BCUT2D eigenvalue weighted by Gasteiger charge is -2.31. The molecule has 4 aromatic rings. The molecule has 6 heteroatoms. The maximum atomic E-state index is 13.1. The molecule has 1 N–H and O–H groups in total. The minimum absolute atomic E-state index is 0.0458. The Balaban J connectivity index is 1.27. The Morgan fingerprint density at radius 2 is 1.71 bits per heavy atom. The van der Waals surface area contributed by atoms with E-state index in [1.807, 2.05) is 72.8 Å². The number of benzene rings is 2. The summed E-state index contributed by atoms with van der Waals surface area (Å²) in [6, 6.07) is 23.9. The third kappa shape index (κ3) is 4.14. The molecule has 1 fully saturated rings. The van der Waals surface area contributed by atoms with Crippen molar-refractivity contribution in [2.45, 2.75) is 18.9 Å². The fourth-order valence-corrected chi connectivity index (χ4v) is 4.11. The first-order valence-corrected chi connectivity index (χ1v) is 10.6. The molecule has 1 aliphatic heterocycles. The minimum atomic E-state index is -0.259. The number of hydrogen-bond acceptors (Lipinski definition) is 5. The number of rotatable bonds is 5. The van der Waals surface area contributed by atoms with Gasteiger partial charge in [-0.25, -0.2) is 0 Å². The number of hydrogen-bond donors (Lipinski definition) is 1. The molecule has 0 bridgehead atoms. The summed E-state index contributed by atoms with van der Waals surface area (Å²) in [5.41, 5.74) is 3.52. The molecule has 2 aromatic heterocycles. The van der Waals surface area contributed by atoms with E-state index in [1.165, 1.54) is 0 Å². The molecule has 0 aliphatic carbocycles. The van der Waals surface area contributed by atoms with Crippen LogP contribution in [0.25, 0.3) is 11.1 Å². The smallest absolute Gasteiger partial charge is 0.298 e. The molecule has 1 saturated heterocycles. The summed E-state index contributed by atoms with van der Waals surface area (Å²) in [6.45, 7) is 1.48. The third-order valence-corrected chi connectivity index (χ3v) is 5.82. The van der Waals surface area contributed by atoms with Gasteiger partial charge in [0.1, 0.15) is 5.52 Å². The molecule has 3 heterocycles. The van der Waals surface area contributed by atoms with Crippen LogP contribution in [0, 0.1) is 5.92 Å². The molecule has 0 spiro atoms. The number of fused-ring (bicyclic) bond motifs is 1. The van der Waals surface area contributed by atoms with Crippen LogP contribution in [0.1, 0.15) is 30.1 Å². The van der Waals surface area contributed by atoms with Crippen LogP contribution in [0.5, 0.6) is 0 Å².